The molecule has 1 N–H and O–H groups in total. The highest BCUT2D eigenvalue weighted by Crippen LogP contribution is 2.28. The van der Waals surface area contributed by atoms with Crippen molar-refractivity contribution in [2.24, 2.45) is 5.92 Å². The van der Waals surface area contributed by atoms with Gasteiger partial charge in [0.2, 0.25) is 11.8 Å². The molecule has 8 heteroatoms. The fraction of sp³-hybridized carbons (Fsp3) is 0.176. The van der Waals surface area contributed by atoms with Gasteiger partial charge in [0, 0.05) is 23.7 Å². The molecule has 0 saturated carbocycles. The average Bonchev–Trinajstić information content (AvgIpc) is 2.97. The molecule has 1 unspecified atom stereocenters. The van der Waals surface area contributed by atoms with Crippen LogP contribution >= 0.6 is 11.6 Å². The number of carbonyl (C=O) groups excluding carboxylic acids is 2. The predicted octanol–water partition coefficient (Wildman–Crippen LogP) is 3.75. The number of hydrogen-bond acceptors (Lipinski definition) is 2. The molecule has 0 radical (unpaired) electrons. The van der Waals surface area contributed by atoms with Crippen LogP contribution in [0.15, 0.2) is 36.4 Å². The Balaban J connectivity index is 1.74. The number of hydrogen-bond donors (Lipinski definition) is 1. The van der Waals surface area contributed by atoms with Crippen LogP contribution in [-0.4, -0.2) is 18.4 Å². The summed E-state index contributed by atoms with van der Waals surface area (Å²) in [6.45, 7) is 0.0797. The van der Waals surface area contributed by atoms with Crippen LogP contribution in [0.1, 0.15) is 6.42 Å². The molecule has 1 fully saturated rings. The van der Waals surface area contributed by atoms with E-state index in [1.807, 2.05) is 0 Å². The summed E-state index contributed by atoms with van der Waals surface area (Å²) < 4.78 is 39.8. The van der Waals surface area contributed by atoms with Crippen molar-refractivity contribution in [3.8, 4) is 0 Å². The molecular formula is C17H12ClF3N2O2. The van der Waals surface area contributed by atoms with Gasteiger partial charge >= 0.3 is 0 Å². The van der Waals surface area contributed by atoms with Gasteiger partial charge in [0.15, 0.2) is 17.5 Å². The van der Waals surface area contributed by atoms with Crippen molar-refractivity contribution >= 4 is 34.8 Å². The maximum absolute atomic E-state index is 13.7. The Morgan fingerprint density at radius 3 is 2.64 bits per heavy atom. The average molecular weight is 369 g/mol. The highest BCUT2D eigenvalue weighted by molar-refractivity contribution is 6.31. The van der Waals surface area contributed by atoms with Gasteiger partial charge in [0.05, 0.1) is 11.6 Å². The first kappa shape index (κ1) is 17.3. The first-order chi connectivity index (χ1) is 11.9. The molecule has 1 saturated heterocycles. The van der Waals surface area contributed by atoms with Gasteiger partial charge in [-0.2, -0.15) is 0 Å². The first-order valence-corrected chi connectivity index (χ1v) is 7.75. The molecule has 0 aliphatic carbocycles. The van der Waals surface area contributed by atoms with E-state index in [9.17, 15) is 22.8 Å². The summed E-state index contributed by atoms with van der Waals surface area (Å²) >= 11 is 5.90. The Bertz CT molecular complexity index is 860. The lowest BCUT2D eigenvalue weighted by molar-refractivity contribution is -0.122. The van der Waals surface area contributed by atoms with Crippen LogP contribution in [0.5, 0.6) is 0 Å². The van der Waals surface area contributed by atoms with Crippen molar-refractivity contribution in [1.82, 2.24) is 0 Å². The third kappa shape index (κ3) is 3.46. The molecule has 0 bridgehead atoms. The summed E-state index contributed by atoms with van der Waals surface area (Å²) in [5.41, 5.74) is 0.0735. The van der Waals surface area contributed by atoms with E-state index in [0.29, 0.717) is 16.8 Å². The first-order valence-electron chi connectivity index (χ1n) is 7.37. The second-order valence-electron chi connectivity index (χ2n) is 5.60. The zero-order valence-corrected chi connectivity index (χ0v) is 13.5. The number of halogens is 4. The molecule has 1 aliphatic rings. The molecule has 1 aliphatic heterocycles. The van der Waals surface area contributed by atoms with Gasteiger partial charge in [0.25, 0.3) is 0 Å². The van der Waals surface area contributed by atoms with E-state index in [-0.39, 0.29) is 18.9 Å². The van der Waals surface area contributed by atoms with Gasteiger partial charge in [-0.3, -0.25) is 9.59 Å². The van der Waals surface area contributed by atoms with Crippen LogP contribution in [0.2, 0.25) is 5.02 Å². The van der Waals surface area contributed by atoms with Crippen molar-refractivity contribution in [3.63, 3.8) is 0 Å². The fourth-order valence-corrected chi connectivity index (χ4v) is 2.82. The summed E-state index contributed by atoms with van der Waals surface area (Å²) in [6.07, 6.45) is -0.0797. The van der Waals surface area contributed by atoms with Crippen LogP contribution in [0.25, 0.3) is 0 Å². The number of nitrogens with zero attached hydrogens (tertiary/aromatic N) is 1. The monoisotopic (exact) mass is 368 g/mol. The number of carbonyl (C=O) groups is 2. The van der Waals surface area contributed by atoms with Crippen molar-refractivity contribution in [2.75, 3.05) is 16.8 Å². The van der Waals surface area contributed by atoms with E-state index in [0.717, 1.165) is 6.07 Å². The smallest absolute Gasteiger partial charge is 0.229 e. The number of rotatable bonds is 3. The van der Waals surface area contributed by atoms with Crippen LogP contribution in [0.4, 0.5) is 24.5 Å². The fourth-order valence-electron chi connectivity index (χ4n) is 2.63. The molecule has 25 heavy (non-hydrogen) atoms. The van der Waals surface area contributed by atoms with Crippen LogP contribution < -0.4 is 10.2 Å². The third-order valence-electron chi connectivity index (χ3n) is 3.91. The molecule has 0 aromatic heterocycles. The normalized spacial score (nSPS) is 17.0. The molecule has 0 spiro atoms. The van der Waals surface area contributed by atoms with Gasteiger partial charge < -0.3 is 10.2 Å². The maximum Gasteiger partial charge on any atom is 0.229 e. The van der Waals surface area contributed by atoms with Crippen molar-refractivity contribution in [1.29, 1.82) is 0 Å². The van der Waals surface area contributed by atoms with Gasteiger partial charge in [0.1, 0.15) is 0 Å². The quantitative estimate of drug-likeness (QED) is 0.839. The van der Waals surface area contributed by atoms with Crippen molar-refractivity contribution < 1.29 is 22.8 Å². The maximum atomic E-state index is 13.7. The summed E-state index contributed by atoms with van der Waals surface area (Å²) in [7, 11) is 0. The minimum absolute atomic E-state index is 0.0797. The van der Waals surface area contributed by atoms with Gasteiger partial charge in [-0.1, -0.05) is 17.7 Å². The van der Waals surface area contributed by atoms with E-state index >= 15 is 0 Å². The Morgan fingerprint density at radius 1 is 1.16 bits per heavy atom. The number of nitrogens with one attached hydrogen (secondary N) is 1. The minimum atomic E-state index is -1.67. The lowest BCUT2D eigenvalue weighted by atomic mass is 10.1. The molecule has 130 valence electrons. The number of amides is 2. The van der Waals surface area contributed by atoms with E-state index in [1.165, 1.54) is 4.90 Å². The summed E-state index contributed by atoms with van der Waals surface area (Å²) in [4.78, 5) is 25.8. The highest BCUT2D eigenvalue weighted by Gasteiger charge is 2.35. The van der Waals surface area contributed by atoms with Gasteiger partial charge in [-0.05, 0) is 30.3 Å². The van der Waals surface area contributed by atoms with E-state index in [4.69, 9.17) is 11.6 Å². The van der Waals surface area contributed by atoms with Gasteiger partial charge in [-0.25, -0.2) is 13.2 Å². The van der Waals surface area contributed by atoms with Crippen molar-refractivity contribution in [2.45, 2.75) is 6.42 Å². The standard InChI is InChI=1S/C17H12ClF3N2O2/c18-10-2-1-3-11(7-10)23-8-9(6-14(23)24)17(25)22-13-5-4-12(19)15(20)16(13)21/h1-5,7,9H,6,8H2,(H,22,25). The Labute approximate surface area is 146 Å². The van der Waals surface area contributed by atoms with E-state index < -0.39 is 35.0 Å². The molecule has 2 aromatic carbocycles. The SMILES string of the molecule is O=C(Nc1ccc(F)c(F)c1F)C1CC(=O)N(c2cccc(Cl)c2)C1. The summed E-state index contributed by atoms with van der Waals surface area (Å²) in [5.74, 6) is -6.18. The van der Waals surface area contributed by atoms with Crippen LogP contribution in [0.3, 0.4) is 0 Å². The molecule has 1 heterocycles. The molecule has 3 rings (SSSR count). The van der Waals surface area contributed by atoms with Crippen LogP contribution in [0, 0.1) is 23.4 Å². The second-order valence-corrected chi connectivity index (χ2v) is 6.03. The molecule has 2 aromatic rings. The Hall–Kier alpha value is -2.54. The zero-order valence-electron chi connectivity index (χ0n) is 12.7. The van der Waals surface area contributed by atoms with E-state index in [2.05, 4.69) is 5.32 Å². The lowest BCUT2D eigenvalue weighted by Gasteiger charge is -2.17. The molecule has 2 amide bonds. The molecular weight excluding hydrogens is 357 g/mol. The number of anilines is 2. The minimum Gasteiger partial charge on any atom is -0.323 e. The summed E-state index contributed by atoms with van der Waals surface area (Å²) in [6, 6.07) is 8.24. The lowest BCUT2D eigenvalue weighted by Crippen LogP contribution is -2.28. The van der Waals surface area contributed by atoms with Gasteiger partial charge in [-0.15, -0.1) is 0 Å². The highest BCUT2D eigenvalue weighted by atomic mass is 35.5. The second kappa shape index (κ2) is 6.76. The zero-order chi connectivity index (χ0) is 18.1. The van der Waals surface area contributed by atoms with E-state index in [1.54, 1.807) is 24.3 Å². The van der Waals surface area contributed by atoms with Crippen molar-refractivity contribution in [3.05, 3.63) is 58.9 Å². The molecule has 1 atom stereocenters. The topological polar surface area (TPSA) is 49.4 Å². The third-order valence-corrected chi connectivity index (χ3v) is 4.14. The number of benzene rings is 2. The van der Waals surface area contributed by atoms with Crippen LogP contribution in [-0.2, 0) is 9.59 Å². The Morgan fingerprint density at radius 2 is 1.92 bits per heavy atom. The largest absolute Gasteiger partial charge is 0.323 e. The molecule has 4 nitrogen and oxygen atoms in total. The Kier molecular flexibility index (Phi) is 4.67. The predicted molar refractivity (Wildman–Crippen MR) is 86.9 cm³/mol. The summed E-state index contributed by atoms with van der Waals surface area (Å²) in [5, 5.41) is 2.64.